The lowest BCUT2D eigenvalue weighted by atomic mass is 9.94. The van der Waals surface area contributed by atoms with Gasteiger partial charge in [-0.05, 0) is 93.4 Å². The molecule has 0 fully saturated rings. The van der Waals surface area contributed by atoms with Crippen LogP contribution in [0.15, 0.2) is 40.9 Å². The number of methoxy groups -OCH3 is 2. The zero-order valence-corrected chi connectivity index (χ0v) is 36.2. The van der Waals surface area contributed by atoms with Crippen molar-refractivity contribution in [2.75, 3.05) is 14.2 Å². The maximum absolute atomic E-state index is 13.3. The van der Waals surface area contributed by atoms with Crippen LogP contribution in [-0.4, -0.2) is 23.7 Å². The SMILES string of the molecule is CC(C)c1cc(C(C)C)c(F)cc1F.CC(C)c1cc(C(C)C)on1.CC(C)c1cc(C(C)C)sn1.COc1cc(OC)c(C(C)C)cc1C(C)C. The van der Waals surface area contributed by atoms with Crippen LogP contribution in [0, 0.1) is 11.6 Å². The Kier molecular flexibility index (Phi) is 19.8. The van der Waals surface area contributed by atoms with E-state index < -0.39 is 11.6 Å². The summed E-state index contributed by atoms with van der Waals surface area (Å²) in [7, 11) is 3.41. The predicted octanol–water partition coefficient (Wildman–Crippen LogP) is 14.5. The van der Waals surface area contributed by atoms with Gasteiger partial charge in [0.25, 0.3) is 0 Å². The number of hydrogen-bond acceptors (Lipinski definition) is 6. The molecule has 0 radical (unpaired) electrons. The number of nitrogens with zero attached hydrogens (tertiary/aromatic N) is 2. The van der Waals surface area contributed by atoms with Crippen molar-refractivity contribution in [1.82, 2.24) is 9.53 Å². The molecule has 0 atom stereocenters. The Morgan fingerprint density at radius 2 is 0.904 bits per heavy atom. The monoisotopic (exact) mass is 742 g/mol. The zero-order chi connectivity index (χ0) is 40.0. The second-order valence-electron chi connectivity index (χ2n) is 15.8. The molecule has 2 aromatic heterocycles. The van der Waals surface area contributed by atoms with Crippen LogP contribution in [0.4, 0.5) is 8.78 Å². The van der Waals surface area contributed by atoms with Crippen molar-refractivity contribution in [3.05, 3.63) is 92.3 Å². The molecule has 0 aliphatic heterocycles. The van der Waals surface area contributed by atoms with Crippen LogP contribution >= 0.6 is 11.5 Å². The fourth-order valence-electron chi connectivity index (χ4n) is 5.02. The number of rotatable bonds is 10. The van der Waals surface area contributed by atoms with Crippen molar-refractivity contribution in [3.8, 4) is 11.5 Å². The lowest BCUT2D eigenvalue weighted by Crippen LogP contribution is -2.01. The van der Waals surface area contributed by atoms with E-state index in [0.29, 0.717) is 46.6 Å². The highest BCUT2D eigenvalue weighted by Crippen LogP contribution is 2.37. The van der Waals surface area contributed by atoms with E-state index in [2.05, 4.69) is 105 Å². The topological polar surface area (TPSA) is 57.4 Å². The predicted molar refractivity (Wildman–Crippen MR) is 217 cm³/mol. The molecule has 0 unspecified atom stereocenters. The molecular formula is C44H68F2N2O3S. The van der Waals surface area contributed by atoms with E-state index in [9.17, 15) is 8.78 Å². The van der Waals surface area contributed by atoms with E-state index in [4.69, 9.17) is 14.0 Å². The van der Waals surface area contributed by atoms with Crippen LogP contribution in [0.2, 0.25) is 0 Å². The first-order chi connectivity index (χ1) is 24.2. The summed E-state index contributed by atoms with van der Waals surface area (Å²) in [6.45, 7) is 33.5. The lowest BCUT2D eigenvalue weighted by molar-refractivity contribution is 0.363. The molecule has 8 heteroatoms. The van der Waals surface area contributed by atoms with Gasteiger partial charge in [-0.2, -0.15) is 4.37 Å². The highest BCUT2D eigenvalue weighted by atomic mass is 32.1. The Morgan fingerprint density at radius 3 is 1.17 bits per heavy atom. The van der Waals surface area contributed by atoms with E-state index in [0.717, 1.165) is 29.0 Å². The highest BCUT2D eigenvalue weighted by molar-refractivity contribution is 7.05. The van der Waals surface area contributed by atoms with E-state index in [1.807, 2.05) is 39.8 Å². The summed E-state index contributed by atoms with van der Waals surface area (Å²) >= 11 is 1.64. The van der Waals surface area contributed by atoms with Crippen LogP contribution in [0.1, 0.15) is 202 Å². The number of halogens is 2. The van der Waals surface area contributed by atoms with Crippen LogP contribution in [0.3, 0.4) is 0 Å². The molecule has 2 aromatic carbocycles. The minimum Gasteiger partial charge on any atom is -0.496 e. The van der Waals surface area contributed by atoms with Crippen LogP contribution in [0.5, 0.6) is 11.5 Å². The molecule has 2 heterocycles. The van der Waals surface area contributed by atoms with Gasteiger partial charge in [-0.25, -0.2) is 8.78 Å². The van der Waals surface area contributed by atoms with Crippen molar-refractivity contribution < 1.29 is 22.8 Å². The van der Waals surface area contributed by atoms with Gasteiger partial charge >= 0.3 is 0 Å². The average molecular weight is 743 g/mol. The second kappa shape index (κ2) is 22.1. The molecule has 5 nitrogen and oxygen atoms in total. The normalized spacial score (nSPS) is 11.3. The first kappa shape index (κ1) is 46.8. The Balaban J connectivity index is 0.000000351. The molecule has 0 spiro atoms. The fraction of sp³-hybridized carbons (Fsp3) is 0.591. The largest absolute Gasteiger partial charge is 0.496 e. The third-order valence-electron chi connectivity index (χ3n) is 8.60. The van der Waals surface area contributed by atoms with Gasteiger partial charge in [-0.3, -0.25) is 0 Å². The number of hydrogen-bond donors (Lipinski definition) is 0. The maximum Gasteiger partial charge on any atom is 0.139 e. The molecule has 0 amide bonds. The smallest absolute Gasteiger partial charge is 0.139 e. The van der Waals surface area contributed by atoms with Crippen molar-refractivity contribution in [2.24, 2.45) is 0 Å². The molecular weight excluding hydrogens is 675 g/mol. The number of benzene rings is 2. The van der Waals surface area contributed by atoms with Crippen molar-refractivity contribution in [3.63, 3.8) is 0 Å². The van der Waals surface area contributed by atoms with E-state index >= 15 is 0 Å². The Hall–Kier alpha value is -3.26. The minimum absolute atomic E-state index is 0.0908. The first-order valence-corrected chi connectivity index (χ1v) is 19.6. The fourth-order valence-corrected chi connectivity index (χ4v) is 5.87. The Bertz CT molecular complexity index is 1460. The molecule has 4 rings (SSSR count). The standard InChI is InChI=1S/C14H22O2.C12H16F2.C9H15NO.C9H15NS/c1-9(2)11-7-12(10(3)4)14(16-6)8-13(11)15-5;1-7(2)9-5-10(8(3)4)12(14)6-11(9)13;2*1-6(2)8-5-9(7(3)4)11-10-8/h7-10H,1-6H3;5-8H,1-4H3;2*5-7H,1-4H3. The number of ether oxygens (including phenoxy) is 2. The van der Waals surface area contributed by atoms with Gasteiger partial charge in [0, 0.05) is 29.0 Å². The number of aromatic nitrogens is 2. The van der Waals surface area contributed by atoms with Gasteiger partial charge in [0.1, 0.15) is 28.9 Å². The van der Waals surface area contributed by atoms with Crippen LogP contribution in [0.25, 0.3) is 0 Å². The minimum atomic E-state index is -0.443. The van der Waals surface area contributed by atoms with Gasteiger partial charge in [0.05, 0.1) is 25.6 Å². The third-order valence-corrected chi connectivity index (χ3v) is 9.70. The van der Waals surface area contributed by atoms with Gasteiger partial charge in [0.15, 0.2) is 0 Å². The lowest BCUT2D eigenvalue weighted by Gasteiger charge is -2.18. The zero-order valence-electron chi connectivity index (χ0n) is 35.4. The average Bonchev–Trinajstić information content (AvgIpc) is 3.76. The Labute approximate surface area is 319 Å². The van der Waals surface area contributed by atoms with Crippen molar-refractivity contribution >= 4 is 11.5 Å². The maximum atomic E-state index is 13.3. The van der Waals surface area contributed by atoms with Crippen LogP contribution < -0.4 is 9.47 Å². The molecule has 4 aromatic rings. The molecule has 0 saturated heterocycles. The van der Waals surface area contributed by atoms with Crippen LogP contribution in [-0.2, 0) is 0 Å². The summed E-state index contributed by atoms with van der Waals surface area (Å²) in [6.07, 6.45) is 0. The first-order valence-electron chi connectivity index (χ1n) is 18.8. The van der Waals surface area contributed by atoms with Gasteiger partial charge in [-0.15, -0.1) is 0 Å². The molecule has 0 aliphatic carbocycles. The van der Waals surface area contributed by atoms with Gasteiger partial charge < -0.3 is 14.0 Å². The van der Waals surface area contributed by atoms with E-state index in [1.54, 1.807) is 31.8 Å². The summed E-state index contributed by atoms with van der Waals surface area (Å²) in [5.74, 6) is 5.11. The summed E-state index contributed by atoms with van der Waals surface area (Å²) in [5.41, 5.74) is 5.96. The van der Waals surface area contributed by atoms with E-state index in [-0.39, 0.29) is 11.8 Å². The van der Waals surface area contributed by atoms with E-state index in [1.165, 1.54) is 21.7 Å². The highest BCUT2D eigenvalue weighted by Gasteiger charge is 2.16. The molecule has 0 aliphatic rings. The molecule has 0 saturated carbocycles. The van der Waals surface area contributed by atoms with Crippen molar-refractivity contribution in [1.29, 1.82) is 0 Å². The quantitative estimate of drug-likeness (QED) is 0.162. The summed E-state index contributed by atoms with van der Waals surface area (Å²) in [4.78, 5) is 1.40. The van der Waals surface area contributed by atoms with Gasteiger partial charge in [0.2, 0.25) is 0 Å². The second-order valence-corrected chi connectivity index (χ2v) is 16.6. The Morgan fingerprint density at radius 1 is 0.481 bits per heavy atom. The molecule has 0 bridgehead atoms. The van der Waals surface area contributed by atoms with Gasteiger partial charge in [-0.1, -0.05) is 116 Å². The molecule has 52 heavy (non-hydrogen) atoms. The molecule has 292 valence electrons. The summed E-state index contributed by atoms with van der Waals surface area (Å²) < 4.78 is 46.9. The third kappa shape index (κ3) is 14.3. The van der Waals surface area contributed by atoms with Crippen molar-refractivity contribution in [2.45, 2.75) is 158 Å². The summed E-state index contributed by atoms with van der Waals surface area (Å²) in [6, 6.07) is 11.1. The molecule has 0 N–H and O–H groups in total. The summed E-state index contributed by atoms with van der Waals surface area (Å²) in [5, 5.41) is 3.96.